The summed E-state index contributed by atoms with van der Waals surface area (Å²) in [5.74, 6) is 2.69. The van der Waals surface area contributed by atoms with E-state index in [-0.39, 0.29) is 29.3 Å². The average molecular weight is 483 g/mol. The lowest BCUT2D eigenvalue weighted by atomic mass is 9.46. The molecule has 1 aromatic rings. The molecule has 0 spiro atoms. The number of nitrogens with one attached hydrogen (secondary N) is 1. The van der Waals surface area contributed by atoms with Gasteiger partial charge in [0.2, 0.25) is 0 Å². The summed E-state index contributed by atoms with van der Waals surface area (Å²) in [5, 5.41) is 9.21. The van der Waals surface area contributed by atoms with Crippen molar-refractivity contribution in [1.29, 1.82) is 0 Å². The van der Waals surface area contributed by atoms with Gasteiger partial charge in [-0.05, 0) is 104 Å². The number of carbonyl (C=O) groups excluding carboxylic acids is 2. The van der Waals surface area contributed by atoms with E-state index in [9.17, 15) is 9.59 Å². The SMILES string of the molecule is CC(=O)[C@@H]1CC[C@@H]2[C@@H]3CCC4=CC(=NOCC(=O)NCc5cccs5)CC[C@]4(C)[C@@H]3CC[C@@]21C. The Labute approximate surface area is 207 Å². The van der Waals surface area contributed by atoms with E-state index in [2.05, 4.69) is 30.4 Å². The number of rotatable bonds is 6. The van der Waals surface area contributed by atoms with Crippen molar-refractivity contribution in [3.05, 3.63) is 34.0 Å². The lowest BCUT2D eigenvalue weighted by Gasteiger charge is -2.58. The normalized spacial score (nSPS) is 37.9. The summed E-state index contributed by atoms with van der Waals surface area (Å²) in [6.07, 6.45) is 11.4. The fourth-order valence-corrected chi connectivity index (χ4v) is 8.78. The van der Waals surface area contributed by atoms with Crippen LogP contribution in [-0.4, -0.2) is 24.0 Å². The Kier molecular flexibility index (Phi) is 6.47. The minimum absolute atomic E-state index is 0.0441. The van der Waals surface area contributed by atoms with Crippen molar-refractivity contribution >= 4 is 28.7 Å². The van der Waals surface area contributed by atoms with Crippen LogP contribution < -0.4 is 5.32 Å². The number of ketones is 1. The van der Waals surface area contributed by atoms with E-state index in [0.717, 1.165) is 42.2 Å². The molecule has 34 heavy (non-hydrogen) atoms. The third-order valence-corrected chi connectivity index (χ3v) is 10.8. The summed E-state index contributed by atoms with van der Waals surface area (Å²) >= 11 is 1.63. The first kappa shape index (κ1) is 23.8. The molecule has 184 valence electrons. The van der Waals surface area contributed by atoms with Gasteiger partial charge in [-0.2, -0.15) is 0 Å². The van der Waals surface area contributed by atoms with Crippen LogP contribution >= 0.6 is 11.3 Å². The van der Waals surface area contributed by atoms with E-state index in [1.165, 1.54) is 31.3 Å². The third kappa shape index (κ3) is 4.16. The molecule has 3 saturated carbocycles. The molecule has 5 rings (SSSR count). The topological polar surface area (TPSA) is 67.8 Å². The van der Waals surface area contributed by atoms with Crippen molar-refractivity contribution in [3.8, 4) is 0 Å². The zero-order chi connectivity index (χ0) is 23.9. The van der Waals surface area contributed by atoms with E-state index in [1.54, 1.807) is 11.3 Å². The van der Waals surface area contributed by atoms with Crippen LogP contribution in [0.4, 0.5) is 0 Å². The highest BCUT2D eigenvalue weighted by atomic mass is 32.1. The van der Waals surface area contributed by atoms with Gasteiger partial charge in [-0.25, -0.2) is 0 Å². The Morgan fingerprint density at radius 2 is 2.00 bits per heavy atom. The second-order valence-electron chi connectivity index (χ2n) is 11.5. The van der Waals surface area contributed by atoms with Crippen LogP contribution in [0.25, 0.3) is 0 Å². The third-order valence-electron chi connectivity index (χ3n) is 9.89. The fourth-order valence-electron chi connectivity index (χ4n) is 8.13. The molecule has 0 unspecified atom stereocenters. The molecule has 4 aliphatic carbocycles. The minimum Gasteiger partial charge on any atom is -0.385 e. The van der Waals surface area contributed by atoms with Crippen molar-refractivity contribution in [2.45, 2.75) is 78.7 Å². The molecule has 6 heteroatoms. The predicted octanol–water partition coefficient (Wildman–Crippen LogP) is 5.90. The van der Waals surface area contributed by atoms with Gasteiger partial charge in [0.05, 0.1) is 12.3 Å². The molecule has 5 nitrogen and oxygen atoms in total. The number of thiophene rings is 1. The van der Waals surface area contributed by atoms with Crippen molar-refractivity contribution in [2.24, 2.45) is 39.7 Å². The van der Waals surface area contributed by atoms with Crippen LogP contribution in [0.2, 0.25) is 0 Å². The second-order valence-corrected chi connectivity index (χ2v) is 12.5. The lowest BCUT2D eigenvalue weighted by Crippen LogP contribution is -2.51. The molecule has 0 aliphatic heterocycles. The number of Topliss-reactive ketones (excluding diaryl/α,β-unsaturated/α-hetero) is 1. The number of nitrogens with zero attached hydrogens (tertiary/aromatic N) is 1. The molecule has 1 aromatic heterocycles. The van der Waals surface area contributed by atoms with Crippen molar-refractivity contribution < 1.29 is 14.4 Å². The van der Waals surface area contributed by atoms with Gasteiger partial charge in [-0.1, -0.05) is 30.6 Å². The highest BCUT2D eigenvalue weighted by Gasteiger charge is 2.59. The Morgan fingerprint density at radius 1 is 1.15 bits per heavy atom. The van der Waals surface area contributed by atoms with Crippen LogP contribution in [0, 0.1) is 34.5 Å². The van der Waals surface area contributed by atoms with E-state index >= 15 is 0 Å². The molecule has 0 bridgehead atoms. The maximum absolute atomic E-state index is 12.4. The molecule has 0 aromatic carbocycles. The van der Waals surface area contributed by atoms with E-state index in [1.807, 2.05) is 24.4 Å². The van der Waals surface area contributed by atoms with Crippen molar-refractivity contribution in [1.82, 2.24) is 5.32 Å². The number of hydrogen-bond acceptors (Lipinski definition) is 5. The molecule has 1 amide bonds. The number of amides is 1. The largest absolute Gasteiger partial charge is 0.385 e. The van der Waals surface area contributed by atoms with Crippen LogP contribution in [0.3, 0.4) is 0 Å². The van der Waals surface area contributed by atoms with E-state index < -0.39 is 0 Å². The molecular formula is C28H38N2O3S. The highest BCUT2D eigenvalue weighted by molar-refractivity contribution is 7.09. The molecule has 6 atom stereocenters. The number of hydrogen-bond donors (Lipinski definition) is 1. The molecule has 1 N–H and O–H groups in total. The van der Waals surface area contributed by atoms with Gasteiger partial charge in [0, 0.05) is 10.8 Å². The Balaban J connectivity index is 1.21. The quantitative estimate of drug-likeness (QED) is 0.513. The number of oxime groups is 1. The van der Waals surface area contributed by atoms with Gasteiger partial charge in [0.15, 0.2) is 6.61 Å². The Bertz CT molecular complexity index is 999. The molecule has 0 saturated heterocycles. The first-order chi connectivity index (χ1) is 16.3. The summed E-state index contributed by atoms with van der Waals surface area (Å²) in [7, 11) is 0. The molecule has 1 heterocycles. The van der Waals surface area contributed by atoms with E-state index in [4.69, 9.17) is 4.84 Å². The summed E-state index contributed by atoms with van der Waals surface area (Å²) in [6, 6.07) is 3.99. The van der Waals surface area contributed by atoms with Crippen molar-refractivity contribution in [2.75, 3.05) is 6.61 Å². The minimum atomic E-state index is -0.141. The average Bonchev–Trinajstić information content (AvgIpc) is 3.45. The number of fused-ring (bicyclic) bond motifs is 5. The van der Waals surface area contributed by atoms with Gasteiger partial charge in [-0.3, -0.25) is 9.59 Å². The highest BCUT2D eigenvalue weighted by Crippen LogP contribution is 2.66. The summed E-state index contributed by atoms with van der Waals surface area (Å²) in [6.45, 7) is 7.20. The predicted molar refractivity (Wildman–Crippen MR) is 135 cm³/mol. The standard InChI is InChI=1S/C28H38N2O3S/c1-18(31)23-8-9-24-22-7-6-19-15-20(10-12-27(19,2)25(22)11-13-28(23,24)3)30-33-17-26(32)29-16-21-5-4-14-34-21/h4-5,14-15,22-25H,6-13,16-17H2,1-3H3,(H,29,32)/t22-,23-,24+,25+,27-,28+/m0/s1. The van der Waals surface area contributed by atoms with Crippen LogP contribution in [0.1, 0.15) is 77.0 Å². The molecular weight excluding hydrogens is 444 g/mol. The maximum atomic E-state index is 12.4. The van der Waals surface area contributed by atoms with Crippen LogP contribution in [0.15, 0.2) is 34.3 Å². The lowest BCUT2D eigenvalue weighted by molar-refractivity contribution is -0.128. The maximum Gasteiger partial charge on any atom is 0.261 e. The first-order valence-corrected chi connectivity index (χ1v) is 13.9. The fraction of sp³-hybridized carbons (Fsp3) is 0.679. The van der Waals surface area contributed by atoms with Gasteiger partial charge < -0.3 is 10.2 Å². The first-order valence-electron chi connectivity index (χ1n) is 13.0. The molecule has 0 radical (unpaired) electrons. The Morgan fingerprint density at radius 3 is 2.76 bits per heavy atom. The zero-order valence-corrected chi connectivity index (χ0v) is 21.6. The van der Waals surface area contributed by atoms with E-state index in [0.29, 0.717) is 24.2 Å². The van der Waals surface area contributed by atoms with Crippen LogP contribution in [-0.2, 0) is 21.0 Å². The van der Waals surface area contributed by atoms with Gasteiger partial charge in [0.25, 0.3) is 5.91 Å². The van der Waals surface area contributed by atoms with Gasteiger partial charge >= 0.3 is 0 Å². The Hall–Kier alpha value is -1.95. The molecule has 3 fully saturated rings. The summed E-state index contributed by atoms with van der Waals surface area (Å²) in [4.78, 5) is 31.0. The van der Waals surface area contributed by atoms with Gasteiger partial charge in [-0.15, -0.1) is 11.3 Å². The van der Waals surface area contributed by atoms with Crippen LogP contribution in [0.5, 0.6) is 0 Å². The van der Waals surface area contributed by atoms with Crippen molar-refractivity contribution in [3.63, 3.8) is 0 Å². The van der Waals surface area contributed by atoms with Gasteiger partial charge in [0.1, 0.15) is 5.78 Å². The smallest absolute Gasteiger partial charge is 0.261 e. The zero-order valence-electron chi connectivity index (χ0n) is 20.8. The second kappa shape index (κ2) is 9.25. The summed E-state index contributed by atoms with van der Waals surface area (Å²) < 4.78 is 0. The number of allylic oxidation sites excluding steroid dienone is 2. The summed E-state index contributed by atoms with van der Waals surface area (Å²) in [5.41, 5.74) is 2.93. The number of carbonyl (C=O) groups is 2. The molecule has 4 aliphatic rings. The monoisotopic (exact) mass is 482 g/mol.